The molecule has 0 bridgehead atoms. The molecule has 0 aliphatic heterocycles. The summed E-state index contributed by atoms with van der Waals surface area (Å²) in [6.07, 6.45) is 0. The number of hydrogen-bond donors (Lipinski definition) is 2. The van der Waals surface area contributed by atoms with Gasteiger partial charge in [0.1, 0.15) is 18.1 Å². The Kier molecular flexibility index (Phi) is 3.59. The Labute approximate surface area is 103 Å². The van der Waals surface area contributed by atoms with E-state index in [1.54, 1.807) is 24.3 Å². The largest absolute Gasteiger partial charge is 0.462 e. The SMILES string of the molecule is O=[N+]([O-])c1ccc(NCc2ccc(CO)o2)cc1. The minimum absolute atomic E-state index is 0.0566. The van der Waals surface area contributed by atoms with Crippen LogP contribution in [0.3, 0.4) is 0 Å². The molecule has 0 saturated heterocycles. The average molecular weight is 248 g/mol. The molecule has 6 heteroatoms. The van der Waals surface area contributed by atoms with Gasteiger partial charge in [-0.1, -0.05) is 0 Å². The Balaban J connectivity index is 1.95. The molecule has 0 fully saturated rings. The summed E-state index contributed by atoms with van der Waals surface area (Å²) in [4.78, 5) is 10.0. The monoisotopic (exact) mass is 248 g/mol. The van der Waals surface area contributed by atoms with Gasteiger partial charge < -0.3 is 14.8 Å². The van der Waals surface area contributed by atoms with Crippen molar-refractivity contribution in [3.05, 3.63) is 58.0 Å². The Morgan fingerprint density at radius 2 is 1.83 bits per heavy atom. The summed E-state index contributed by atoms with van der Waals surface area (Å²) in [5.41, 5.74) is 0.823. The van der Waals surface area contributed by atoms with Crippen molar-refractivity contribution in [2.45, 2.75) is 13.2 Å². The van der Waals surface area contributed by atoms with E-state index < -0.39 is 4.92 Å². The van der Waals surface area contributed by atoms with Crippen LogP contribution in [0.2, 0.25) is 0 Å². The van der Waals surface area contributed by atoms with Crippen molar-refractivity contribution in [3.8, 4) is 0 Å². The molecule has 0 aliphatic carbocycles. The molecule has 2 aromatic rings. The van der Waals surface area contributed by atoms with Gasteiger partial charge in [0.25, 0.3) is 5.69 Å². The minimum Gasteiger partial charge on any atom is -0.462 e. The standard InChI is InChI=1S/C12H12N2O4/c15-8-12-6-5-11(18-12)7-13-9-1-3-10(4-2-9)14(16)17/h1-6,13,15H,7-8H2. The summed E-state index contributed by atoms with van der Waals surface area (Å²) in [5.74, 6) is 1.20. The van der Waals surface area contributed by atoms with E-state index in [2.05, 4.69) is 5.32 Å². The van der Waals surface area contributed by atoms with E-state index in [-0.39, 0.29) is 12.3 Å². The van der Waals surface area contributed by atoms with Gasteiger partial charge in [-0.2, -0.15) is 0 Å². The van der Waals surface area contributed by atoms with Gasteiger partial charge in [-0.25, -0.2) is 0 Å². The van der Waals surface area contributed by atoms with E-state index in [1.807, 2.05) is 0 Å². The molecule has 1 heterocycles. The number of aliphatic hydroxyl groups excluding tert-OH is 1. The Morgan fingerprint density at radius 3 is 2.39 bits per heavy atom. The third kappa shape index (κ3) is 2.86. The van der Waals surface area contributed by atoms with Crippen LogP contribution < -0.4 is 5.32 Å². The maximum atomic E-state index is 10.5. The van der Waals surface area contributed by atoms with Crippen LogP contribution in [0.25, 0.3) is 0 Å². The van der Waals surface area contributed by atoms with Gasteiger partial charge in [-0.3, -0.25) is 10.1 Å². The van der Waals surface area contributed by atoms with E-state index in [0.29, 0.717) is 18.1 Å². The first kappa shape index (κ1) is 12.1. The van der Waals surface area contributed by atoms with E-state index >= 15 is 0 Å². The quantitative estimate of drug-likeness (QED) is 0.626. The lowest BCUT2D eigenvalue weighted by molar-refractivity contribution is -0.384. The molecule has 0 saturated carbocycles. The van der Waals surface area contributed by atoms with Crippen LogP contribution in [0.1, 0.15) is 11.5 Å². The maximum Gasteiger partial charge on any atom is 0.269 e. The topological polar surface area (TPSA) is 88.5 Å². The second kappa shape index (κ2) is 5.33. The van der Waals surface area contributed by atoms with Crippen molar-refractivity contribution in [2.24, 2.45) is 0 Å². The molecular formula is C12H12N2O4. The van der Waals surface area contributed by atoms with Gasteiger partial charge in [0.15, 0.2) is 0 Å². The second-order valence-corrected chi connectivity index (χ2v) is 3.68. The molecule has 0 amide bonds. The van der Waals surface area contributed by atoms with Gasteiger partial charge >= 0.3 is 0 Å². The first-order valence-corrected chi connectivity index (χ1v) is 5.36. The zero-order chi connectivity index (χ0) is 13.0. The number of rotatable bonds is 5. The molecule has 0 atom stereocenters. The number of furan rings is 1. The van der Waals surface area contributed by atoms with Crippen LogP contribution in [0.4, 0.5) is 11.4 Å². The Hall–Kier alpha value is -2.34. The summed E-state index contributed by atoms with van der Waals surface area (Å²) in [6, 6.07) is 9.60. The number of anilines is 1. The summed E-state index contributed by atoms with van der Waals surface area (Å²) in [5, 5.41) is 22.4. The minimum atomic E-state index is -0.441. The van der Waals surface area contributed by atoms with E-state index in [4.69, 9.17) is 9.52 Å². The van der Waals surface area contributed by atoms with Crippen molar-refractivity contribution in [1.82, 2.24) is 0 Å². The highest BCUT2D eigenvalue weighted by Gasteiger charge is 2.04. The second-order valence-electron chi connectivity index (χ2n) is 3.68. The highest BCUT2D eigenvalue weighted by molar-refractivity contribution is 5.48. The summed E-state index contributed by atoms with van der Waals surface area (Å²) in [7, 11) is 0. The zero-order valence-electron chi connectivity index (χ0n) is 9.50. The molecule has 0 spiro atoms. The molecule has 1 aromatic heterocycles. The van der Waals surface area contributed by atoms with Crippen molar-refractivity contribution in [3.63, 3.8) is 0 Å². The predicted molar refractivity (Wildman–Crippen MR) is 65.1 cm³/mol. The van der Waals surface area contributed by atoms with Gasteiger partial charge in [-0.15, -0.1) is 0 Å². The van der Waals surface area contributed by atoms with Gasteiger partial charge in [0.05, 0.1) is 11.5 Å². The average Bonchev–Trinajstić information content (AvgIpc) is 2.85. The lowest BCUT2D eigenvalue weighted by atomic mass is 10.3. The molecule has 94 valence electrons. The van der Waals surface area contributed by atoms with Crippen LogP contribution in [-0.4, -0.2) is 10.0 Å². The lowest BCUT2D eigenvalue weighted by Gasteiger charge is -2.03. The van der Waals surface area contributed by atoms with Gasteiger partial charge in [0, 0.05) is 17.8 Å². The number of aliphatic hydroxyl groups is 1. The predicted octanol–water partition coefficient (Wildman–Crippen LogP) is 2.29. The number of non-ortho nitro benzene ring substituents is 1. The highest BCUT2D eigenvalue weighted by Crippen LogP contribution is 2.16. The Bertz CT molecular complexity index is 533. The van der Waals surface area contributed by atoms with Crippen molar-refractivity contribution < 1.29 is 14.4 Å². The fourth-order valence-electron chi connectivity index (χ4n) is 1.49. The lowest BCUT2D eigenvalue weighted by Crippen LogP contribution is -1.98. The van der Waals surface area contributed by atoms with Gasteiger partial charge in [-0.05, 0) is 24.3 Å². The molecule has 2 rings (SSSR count). The molecule has 1 aromatic carbocycles. The smallest absolute Gasteiger partial charge is 0.269 e. The molecule has 0 unspecified atom stereocenters. The van der Waals surface area contributed by atoms with E-state index in [0.717, 1.165) is 5.69 Å². The van der Waals surface area contributed by atoms with Crippen LogP contribution in [0, 0.1) is 10.1 Å². The maximum absolute atomic E-state index is 10.5. The van der Waals surface area contributed by atoms with E-state index in [1.165, 1.54) is 12.1 Å². The van der Waals surface area contributed by atoms with Gasteiger partial charge in [0.2, 0.25) is 0 Å². The van der Waals surface area contributed by atoms with Crippen LogP contribution in [-0.2, 0) is 13.2 Å². The number of benzene rings is 1. The normalized spacial score (nSPS) is 10.3. The summed E-state index contributed by atoms with van der Waals surface area (Å²) < 4.78 is 5.30. The summed E-state index contributed by atoms with van der Waals surface area (Å²) in [6.45, 7) is 0.329. The van der Waals surface area contributed by atoms with Crippen molar-refractivity contribution in [2.75, 3.05) is 5.32 Å². The van der Waals surface area contributed by atoms with E-state index in [9.17, 15) is 10.1 Å². The third-order valence-corrected chi connectivity index (χ3v) is 2.42. The number of hydrogen-bond acceptors (Lipinski definition) is 5. The van der Waals surface area contributed by atoms with Crippen LogP contribution in [0.15, 0.2) is 40.8 Å². The highest BCUT2D eigenvalue weighted by atomic mass is 16.6. The van der Waals surface area contributed by atoms with Crippen LogP contribution >= 0.6 is 0 Å². The Morgan fingerprint density at radius 1 is 1.17 bits per heavy atom. The number of nitrogens with one attached hydrogen (secondary N) is 1. The molecule has 0 aliphatic rings. The molecule has 0 radical (unpaired) electrons. The molecular weight excluding hydrogens is 236 g/mol. The molecule has 18 heavy (non-hydrogen) atoms. The first-order valence-electron chi connectivity index (χ1n) is 5.36. The molecule has 2 N–H and O–H groups in total. The fourth-order valence-corrected chi connectivity index (χ4v) is 1.49. The number of nitro groups is 1. The van der Waals surface area contributed by atoms with Crippen molar-refractivity contribution >= 4 is 11.4 Å². The van der Waals surface area contributed by atoms with Crippen molar-refractivity contribution in [1.29, 1.82) is 0 Å². The number of nitro benzene ring substituents is 1. The fraction of sp³-hybridized carbons (Fsp3) is 0.167. The van der Waals surface area contributed by atoms with Crippen LogP contribution in [0.5, 0.6) is 0 Å². The summed E-state index contributed by atoms with van der Waals surface area (Å²) >= 11 is 0. The third-order valence-electron chi connectivity index (χ3n) is 2.42. The zero-order valence-corrected chi connectivity index (χ0v) is 9.50. The first-order chi connectivity index (χ1) is 8.69. The molecule has 6 nitrogen and oxygen atoms in total. The number of nitrogens with zero attached hydrogens (tertiary/aromatic N) is 1.